The van der Waals surface area contributed by atoms with E-state index in [1.54, 1.807) is 6.92 Å². The van der Waals surface area contributed by atoms with Crippen LogP contribution in [0.5, 0.6) is 0 Å². The highest BCUT2D eigenvalue weighted by atomic mass is 16.3. The first-order valence-electron chi connectivity index (χ1n) is 6.17. The van der Waals surface area contributed by atoms with E-state index < -0.39 is 0 Å². The minimum atomic E-state index is 0.0181. The molecule has 1 heterocycles. The number of hydrogen-bond acceptors (Lipinski definition) is 2. The fourth-order valence-electron chi connectivity index (χ4n) is 1.96. The van der Waals surface area contributed by atoms with Crippen LogP contribution in [0.25, 0.3) is 21.7 Å². The molecule has 0 bridgehead atoms. The monoisotopic (exact) mass is 240 g/mol. The van der Waals surface area contributed by atoms with Crippen molar-refractivity contribution in [3.8, 4) is 0 Å². The van der Waals surface area contributed by atoms with Crippen LogP contribution in [-0.4, -0.2) is 0 Å². The van der Waals surface area contributed by atoms with Gasteiger partial charge in [0.25, 0.3) is 0 Å². The van der Waals surface area contributed by atoms with Gasteiger partial charge in [-0.1, -0.05) is 38.1 Å². The minimum absolute atomic E-state index is 0.0181. The summed E-state index contributed by atoms with van der Waals surface area (Å²) in [6, 6.07) is 13.3. The van der Waals surface area contributed by atoms with E-state index in [4.69, 9.17) is 4.42 Å². The molecular formula is C16H16O2. The van der Waals surface area contributed by atoms with Crippen LogP contribution < -0.4 is 5.43 Å². The lowest BCUT2D eigenvalue weighted by molar-refractivity contribution is 0.565. The maximum absolute atomic E-state index is 11.8. The molecule has 0 aliphatic heterocycles. The molecule has 0 aliphatic carbocycles. The Hall–Kier alpha value is -2.09. The topological polar surface area (TPSA) is 30.2 Å². The lowest BCUT2D eigenvalue weighted by atomic mass is 10.1. The van der Waals surface area contributed by atoms with Crippen molar-refractivity contribution in [3.63, 3.8) is 0 Å². The summed E-state index contributed by atoms with van der Waals surface area (Å²) >= 11 is 0. The van der Waals surface area contributed by atoms with Crippen molar-refractivity contribution >= 4 is 21.7 Å². The van der Waals surface area contributed by atoms with Gasteiger partial charge in [0.2, 0.25) is 0 Å². The van der Waals surface area contributed by atoms with Crippen molar-refractivity contribution in [1.82, 2.24) is 0 Å². The van der Waals surface area contributed by atoms with E-state index in [1.165, 1.54) is 6.07 Å². The molecular weight excluding hydrogens is 224 g/mol. The van der Waals surface area contributed by atoms with E-state index in [-0.39, 0.29) is 5.43 Å². The van der Waals surface area contributed by atoms with Gasteiger partial charge in [-0.15, -0.1) is 0 Å². The molecule has 0 atom stereocenters. The molecule has 0 unspecified atom stereocenters. The molecule has 0 amide bonds. The van der Waals surface area contributed by atoms with Gasteiger partial charge in [-0.05, 0) is 29.8 Å². The molecule has 18 heavy (non-hydrogen) atoms. The summed E-state index contributed by atoms with van der Waals surface area (Å²) in [6.07, 6.45) is 0. The Labute approximate surface area is 106 Å². The van der Waals surface area contributed by atoms with E-state index in [0.717, 1.165) is 10.8 Å². The predicted octanol–water partition coefficient (Wildman–Crippen LogP) is 4.28. The van der Waals surface area contributed by atoms with Gasteiger partial charge < -0.3 is 4.42 Å². The molecule has 0 saturated carbocycles. The zero-order valence-electron chi connectivity index (χ0n) is 10.9. The highest BCUT2D eigenvalue weighted by Crippen LogP contribution is 2.21. The SMILES string of the molecule is CC.Cc1cc(=O)c2cc3ccccc3cc2o1. The Morgan fingerprint density at radius 2 is 1.56 bits per heavy atom. The third-order valence-corrected chi connectivity index (χ3v) is 2.72. The van der Waals surface area contributed by atoms with Crippen LogP contribution in [0.3, 0.4) is 0 Å². The number of fused-ring (bicyclic) bond motifs is 2. The average molecular weight is 240 g/mol. The van der Waals surface area contributed by atoms with E-state index in [1.807, 2.05) is 50.2 Å². The van der Waals surface area contributed by atoms with E-state index >= 15 is 0 Å². The van der Waals surface area contributed by atoms with Gasteiger partial charge >= 0.3 is 0 Å². The number of aryl methyl sites for hydroxylation is 1. The third kappa shape index (κ3) is 2.14. The van der Waals surface area contributed by atoms with Crippen molar-refractivity contribution < 1.29 is 4.42 Å². The lowest BCUT2D eigenvalue weighted by Gasteiger charge is -2.01. The summed E-state index contributed by atoms with van der Waals surface area (Å²) in [5.41, 5.74) is 0.674. The summed E-state index contributed by atoms with van der Waals surface area (Å²) in [5, 5.41) is 2.79. The van der Waals surface area contributed by atoms with Crippen LogP contribution in [0.4, 0.5) is 0 Å². The smallest absolute Gasteiger partial charge is 0.192 e. The quantitative estimate of drug-likeness (QED) is 0.549. The van der Waals surface area contributed by atoms with Crippen LogP contribution in [0.2, 0.25) is 0 Å². The second-order valence-corrected chi connectivity index (χ2v) is 3.92. The first-order chi connectivity index (χ1) is 8.74. The highest BCUT2D eigenvalue weighted by molar-refractivity contribution is 5.95. The van der Waals surface area contributed by atoms with Crippen LogP contribution in [-0.2, 0) is 0 Å². The largest absolute Gasteiger partial charge is 0.461 e. The summed E-state index contributed by atoms with van der Waals surface area (Å²) in [7, 11) is 0. The highest BCUT2D eigenvalue weighted by Gasteiger charge is 2.03. The van der Waals surface area contributed by atoms with Crippen LogP contribution in [0.1, 0.15) is 19.6 Å². The van der Waals surface area contributed by atoms with Crippen LogP contribution in [0.15, 0.2) is 51.7 Å². The molecule has 0 fully saturated rings. The Morgan fingerprint density at radius 3 is 2.22 bits per heavy atom. The van der Waals surface area contributed by atoms with Gasteiger partial charge in [0, 0.05) is 6.07 Å². The van der Waals surface area contributed by atoms with Gasteiger partial charge in [-0.25, -0.2) is 0 Å². The third-order valence-electron chi connectivity index (χ3n) is 2.72. The van der Waals surface area contributed by atoms with Crippen molar-refractivity contribution in [3.05, 3.63) is 58.4 Å². The maximum atomic E-state index is 11.8. The Morgan fingerprint density at radius 1 is 0.944 bits per heavy atom. The van der Waals surface area contributed by atoms with Crippen molar-refractivity contribution in [2.75, 3.05) is 0 Å². The minimum Gasteiger partial charge on any atom is -0.461 e. The van der Waals surface area contributed by atoms with Gasteiger partial charge in [-0.3, -0.25) is 4.79 Å². The normalized spacial score (nSPS) is 10.2. The van der Waals surface area contributed by atoms with Gasteiger partial charge in [0.1, 0.15) is 11.3 Å². The zero-order valence-corrected chi connectivity index (χ0v) is 10.9. The summed E-state index contributed by atoms with van der Waals surface area (Å²) in [6.45, 7) is 5.79. The summed E-state index contributed by atoms with van der Waals surface area (Å²) in [4.78, 5) is 11.8. The number of hydrogen-bond donors (Lipinski definition) is 0. The zero-order chi connectivity index (χ0) is 13.1. The lowest BCUT2D eigenvalue weighted by Crippen LogP contribution is -1.99. The average Bonchev–Trinajstić information content (AvgIpc) is 2.39. The van der Waals surface area contributed by atoms with Crippen LogP contribution >= 0.6 is 0 Å². The molecule has 0 N–H and O–H groups in total. The molecule has 0 saturated heterocycles. The first-order valence-corrected chi connectivity index (χ1v) is 6.17. The summed E-state index contributed by atoms with van der Waals surface area (Å²) in [5.74, 6) is 0.646. The van der Waals surface area contributed by atoms with Crippen molar-refractivity contribution in [2.45, 2.75) is 20.8 Å². The van der Waals surface area contributed by atoms with Gasteiger partial charge in [0.15, 0.2) is 5.43 Å². The Kier molecular flexibility index (Phi) is 3.47. The number of rotatable bonds is 0. The van der Waals surface area contributed by atoms with Gasteiger partial charge in [-0.2, -0.15) is 0 Å². The molecule has 0 radical (unpaired) electrons. The first kappa shape index (κ1) is 12.4. The maximum Gasteiger partial charge on any atom is 0.192 e. The molecule has 2 aromatic carbocycles. The fourth-order valence-corrected chi connectivity index (χ4v) is 1.96. The second-order valence-electron chi connectivity index (χ2n) is 3.92. The number of benzene rings is 2. The molecule has 1 aromatic heterocycles. The molecule has 2 nitrogen and oxygen atoms in total. The van der Waals surface area contributed by atoms with Crippen molar-refractivity contribution in [2.24, 2.45) is 0 Å². The molecule has 0 spiro atoms. The molecule has 3 rings (SSSR count). The standard InChI is InChI=1S/C14H10O2.C2H6/c1-9-6-13(15)12-7-10-4-2-3-5-11(10)8-14(12)16-9;1-2/h2-8H,1H3;1-2H3. The Bertz CT molecular complexity index is 739. The predicted molar refractivity (Wildman–Crippen MR) is 76.1 cm³/mol. The molecule has 0 aliphatic rings. The Balaban J connectivity index is 0.000000574. The summed E-state index contributed by atoms with van der Waals surface area (Å²) < 4.78 is 5.55. The van der Waals surface area contributed by atoms with E-state index in [2.05, 4.69) is 0 Å². The van der Waals surface area contributed by atoms with Gasteiger partial charge in [0.05, 0.1) is 5.39 Å². The van der Waals surface area contributed by atoms with Crippen LogP contribution in [0, 0.1) is 6.92 Å². The van der Waals surface area contributed by atoms with Crippen molar-refractivity contribution in [1.29, 1.82) is 0 Å². The van der Waals surface area contributed by atoms with E-state index in [0.29, 0.717) is 16.7 Å². The fraction of sp³-hybridized carbons (Fsp3) is 0.188. The molecule has 2 heteroatoms. The molecule has 3 aromatic rings. The second kappa shape index (κ2) is 5.05. The molecule has 92 valence electrons. The van der Waals surface area contributed by atoms with E-state index in [9.17, 15) is 4.79 Å².